The molecule has 4 rings (SSSR count). The van der Waals surface area contributed by atoms with E-state index in [0.29, 0.717) is 24.9 Å². The Kier molecular flexibility index (Phi) is 6.34. The zero-order valence-electron chi connectivity index (χ0n) is 18.0. The molecule has 2 aromatic carbocycles. The third-order valence-electron chi connectivity index (χ3n) is 6.14. The van der Waals surface area contributed by atoms with E-state index in [1.54, 1.807) is 4.90 Å². The number of nitrogens with zero attached hydrogens (tertiary/aromatic N) is 4. The molecule has 1 spiro atoms. The van der Waals surface area contributed by atoms with Crippen LogP contribution in [0.15, 0.2) is 53.4 Å². The number of nitro groups is 2. The summed E-state index contributed by atoms with van der Waals surface area (Å²) in [5.41, 5.74) is -1.13. The van der Waals surface area contributed by atoms with E-state index >= 15 is 0 Å². The minimum Gasteiger partial charge on any atom is -0.358 e. The molecule has 2 aliphatic heterocycles. The fourth-order valence-electron chi connectivity index (χ4n) is 4.40. The van der Waals surface area contributed by atoms with E-state index in [1.807, 2.05) is 0 Å². The molecule has 2 heterocycles. The zero-order valence-corrected chi connectivity index (χ0v) is 18.8. The molecule has 1 unspecified atom stereocenters. The summed E-state index contributed by atoms with van der Waals surface area (Å²) >= 11 is 0. The van der Waals surface area contributed by atoms with E-state index in [2.05, 4.69) is 0 Å². The molecule has 2 aromatic rings. The quantitative estimate of drug-likeness (QED) is 0.458. The maximum absolute atomic E-state index is 13.4. The first kappa shape index (κ1) is 23.7. The highest BCUT2D eigenvalue weighted by Crippen LogP contribution is 2.38. The summed E-state index contributed by atoms with van der Waals surface area (Å²) in [6.45, 7) is 0.951. The van der Waals surface area contributed by atoms with Crippen LogP contribution >= 0.6 is 0 Å². The molecule has 0 radical (unpaired) electrons. The number of nitro benzene ring substituents is 2. The van der Waals surface area contributed by atoms with Crippen LogP contribution in [-0.2, 0) is 14.8 Å². The minimum atomic E-state index is -3.99. The number of carbonyl (C=O) groups is 1. The summed E-state index contributed by atoms with van der Waals surface area (Å²) in [6, 6.07) is 10.1. The predicted molar refractivity (Wildman–Crippen MR) is 119 cm³/mol. The third kappa shape index (κ3) is 4.36. The number of sulfonamides is 1. The highest BCUT2D eigenvalue weighted by Gasteiger charge is 2.49. The van der Waals surface area contributed by atoms with Crippen molar-refractivity contribution in [3.8, 4) is 0 Å². The van der Waals surface area contributed by atoms with Gasteiger partial charge in [0.1, 0.15) is 5.72 Å². The molecular weight excluding hydrogens is 468 g/mol. The summed E-state index contributed by atoms with van der Waals surface area (Å²) < 4.78 is 34.0. The smallest absolute Gasteiger partial charge is 0.269 e. The molecule has 34 heavy (non-hydrogen) atoms. The summed E-state index contributed by atoms with van der Waals surface area (Å²) in [6.07, 6.45) is 1.12. The Morgan fingerprint density at radius 1 is 0.882 bits per heavy atom. The van der Waals surface area contributed by atoms with Gasteiger partial charge in [0, 0.05) is 55.9 Å². The lowest BCUT2D eigenvalue weighted by Crippen LogP contribution is -2.48. The van der Waals surface area contributed by atoms with E-state index in [-0.39, 0.29) is 48.3 Å². The van der Waals surface area contributed by atoms with E-state index in [9.17, 15) is 33.4 Å². The number of carbonyl (C=O) groups excluding carboxylic acids is 1. The minimum absolute atomic E-state index is 0.0639. The number of ether oxygens (including phenoxy) is 1. The van der Waals surface area contributed by atoms with Gasteiger partial charge in [0.05, 0.1) is 21.3 Å². The average molecular weight is 490 g/mol. The Morgan fingerprint density at radius 2 is 1.47 bits per heavy atom. The van der Waals surface area contributed by atoms with Crippen molar-refractivity contribution in [3.05, 3.63) is 74.3 Å². The molecule has 2 saturated heterocycles. The van der Waals surface area contributed by atoms with Crippen LogP contribution in [0.25, 0.3) is 0 Å². The number of likely N-dealkylation sites (tertiary alicyclic amines) is 1. The van der Waals surface area contributed by atoms with Crippen molar-refractivity contribution in [1.82, 2.24) is 9.21 Å². The molecule has 2 fully saturated rings. The second-order valence-electron chi connectivity index (χ2n) is 8.07. The molecular formula is C21H22N4O8S. The molecule has 0 bridgehead atoms. The van der Waals surface area contributed by atoms with E-state index in [4.69, 9.17) is 4.74 Å². The fourth-order valence-corrected chi connectivity index (χ4v) is 6.12. The lowest BCUT2D eigenvalue weighted by Gasteiger charge is -2.35. The molecule has 1 atom stereocenters. The molecule has 13 heteroatoms. The standard InChI is InChI=1S/C21H22N4O8S/c26-20(16-2-4-17(5-3-16)24(27)28)22-12-1-10-21(11-13-22)23(14-15-33-21)34(31,32)19-8-6-18(7-9-19)25(29)30/h2-9H,1,10-15H2. The van der Waals surface area contributed by atoms with Crippen LogP contribution in [0, 0.1) is 20.2 Å². The first-order valence-electron chi connectivity index (χ1n) is 10.6. The number of rotatable bonds is 5. The van der Waals surface area contributed by atoms with Gasteiger partial charge in [-0.25, -0.2) is 8.42 Å². The highest BCUT2D eigenvalue weighted by atomic mass is 32.2. The summed E-state index contributed by atoms with van der Waals surface area (Å²) in [4.78, 5) is 35.1. The van der Waals surface area contributed by atoms with Gasteiger partial charge in [0.25, 0.3) is 17.3 Å². The van der Waals surface area contributed by atoms with E-state index in [1.165, 1.54) is 40.7 Å². The molecule has 2 aliphatic rings. The van der Waals surface area contributed by atoms with Gasteiger partial charge in [-0.1, -0.05) is 0 Å². The van der Waals surface area contributed by atoms with Crippen molar-refractivity contribution in [2.75, 3.05) is 26.2 Å². The Morgan fingerprint density at radius 3 is 2.06 bits per heavy atom. The summed E-state index contributed by atoms with van der Waals surface area (Å²) in [5.74, 6) is -0.297. The van der Waals surface area contributed by atoms with E-state index in [0.717, 1.165) is 12.1 Å². The van der Waals surface area contributed by atoms with Crippen LogP contribution in [0.1, 0.15) is 29.6 Å². The van der Waals surface area contributed by atoms with Crippen LogP contribution in [0.2, 0.25) is 0 Å². The molecule has 0 N–H and O–H groups in total. The second kappa shape index (κ2) is 9.08. The van der Waals surface area contributed by atoms with Crippen LogP contribution in [0.5, 0.6) is 0 Å². The maximum atomic E-state index is 13.4. The molecule has 0 saturated carbocycles. The molecule has 12 nitrogen and oxygen atoms in total. The lowest BCUT2D eigenvalue weighted by molar-refractivity contribution is -0.385. The van der Waals surface area contributed by atoms with Crippen LogP contribution in [-0.4, -0.2) is 65.3 Å². The summed E-state index contributed by atoms with van der Waals surface area (Å²) in [7, 11) is -3.99. The Balaban J connectivity index is 1.52. The Hall–Kier alpha value is -3.42. The summed E-state index contributed by atoms with van der Waals surface area (Å²) in [5, 5.41) is 21.7. The molecule has 0 aromatic heterocycles. The van der Waals surface area contributed by atoms with Crippen LogP contribution < -0.4 is 0 Å². The van der Waals surface area contributed by atoms with Gasteiger partial charge in [-0.15, -0.1) is 0 Å². The van der Waals surface area contributed by atoms with Crippen molar-refractivity contribution in [2.45, 2.75) is 29.9 Å². The van der Waals surface area contributed by atoms with E-state index < -0.39 is 25.6 Å². The largest absolute Gasteiger partial charge is 0.358 e. The molecule has 0 aliphatic carbocycles. The second-order valence-corrected chi connectivity index (χ2v) is 9.93. The van der Waals surface area contributed by atoms with Gasteiger partial charge in [-0.3, -0.25) is 25.0 Å². The maximum Gasteiger partial charge on any atom is 0.269 e. The average Bonchev–Trinajstić information content (AvgIpc) is 3.13. The van der Waals surface area contributed by atoms with Gasteiger partial charge in [-0.2, -0.15) is 4.31 Å². The first-order chi connectivity index (χ1) is 16.1. The first-order valence-corrected chi connectivity index (χ1v) is 12.0. The lowest BCUT2D eigenvalue weighted by atomic mass is 10.1. The van der Waals surface area contributed by atoms with Crippen molar-refractivity contribution in [1.29, 1.82) is 0 Å². The predicted octanol–water partition coefficient (Wildman–Crippen LogP) is 2.55. The van der Waals surface area contributed by atoms with Gasteiger partial charge < -0.3 is 9.64 Å². The van der Waals surface area contributed by atoms with Crippen molar-refractivity contribution >= 4 is 27.3 Å². The van der Waals surface area contributed by atoms with Crippen molar-refractivity contribution in [2.24, 2.45) is 0 Å². The van der Waals surface area contributed by atoms with Crippen LogP contribution in [0.3, 0.4) is 0 Å². The number of benzene rings is 2. The number of non-ortho nitro benzene ring substituents is 2. The van der Waals surface area contributed by atoms with Gasteiger partial charge >= 0.3 is 0 Å². The number of amides is 1. The molecule has 1 amide bonds. The van der Waals surface area contributed by atoms with Gasteiger partial charge in [0.2, 0.25) is 10.0 Å². The zero-order chi connectivity index (χ0) is 24.5. The molecule has 180 valence electrons. The number of hydrogen-bond acceptors (Lipinski definition) is 8. The van der Waals surface area contributed by atoms with Gasteiger partial charge in [-0.05, 0) is 37.1 Å². The van der Waals surface area contributed by atoms with Crippen molar-refractivity contribution in [3.63, 3.8) is 0 Å². The Labute approximate surface area is 195 Å². The fraction of sp³-hybridized carbons (Fsp3) is 0.381. The topological polar surface area (TPSA) is 153 Å². The Bertz CT molecular complexity index is 1220. The monoisotopic (exact) mass is 490 g/mol. The van der Waals surface area contributed by atoms with Crippen LogP contribution in [0.4, 0.5) is 11.4 Å². The van der Waals surface area contributed by atoms with Crippen molar-refractivity contribution < 1.29 is 27.8 Å². The highest BCUT2D eigenvalue weighted by molar-refractivity contribution is 7.89. The normalized spacial score (nSPS) is 21.4. The van der Waals surface area contributed by atoms with Gasteiger partial charge in [0.15, 0.2) is 0 Å². The third-order valence-corrected chi connectivity index (χ3v) is 8.10. The number of hydrogen-bond donors (Lipinski definition) is 0. The SMILES string of the molecule is O=C(c1ccc([N+](=O)[O-])cc1)N1CCCC2(CC1)OCCN2S(=O)(=O)c1ccc([N+](=O)[O-])cc1.